The van der Waals surface area contributed by atoms with Crippen LogP contribution in [0.4, 0.5) is 8.78 Å². The predicted molar refractivity (Wildman–Crippen MR) is 63.5 cm³/mol. The molecule has 6 heteroatoms. The van der Waals surface area contributed by atoms with Crippen molar-refractivity contribution >= 4 is 22.5 Å². The first kappa shape index (κ1) is 12.3. The number of halogens is 2. The maximum absolute atomic E-state index is 13.1. The van der Waals surface area contributed by atoms with Crippen LogP contribution < -0.4 is 0 Å². The van der Waals surface area contributed by atoms with Gasteiger partial charge < -0.3 is 0 Å². The third-order valence-corrected chi connectivity index (χ3v) is 2.35. The quantitative estimate of drug-likeness (QED) is 0.787. The highest BCUT2D eigenvalue weighted by molar-refractivity contribution is 5.99. The van der Waals surface area contributed by atoms with Crippen LogP contribution in [-0.4, -0.2) is 21.2 Å². The van der Waals surface area contributed by atoms with E-state index in [4.69, 9.17) is 0 Å². The van der Waals surface area contributed by atoms with Crippen molar-refractivity contribution in [2.24, 2.45) is 5.10 Å². The zero-order valence-electron chi connectivity index (χ0n) is 9.94. The van der Waals surface area contributed by atoms with E-state index in [0.29, 0.717) is 16.7 Å². The summed E-state index contributed by atoms with van der Waals surface area (Å²) in [4.78, 5) is 14.8. The third kappa shape index (κ3) is 2.42. The van der Waals surface area contributed by atoms with Gasteiger partial charge in [0.05, 0.1) is 11.0 Å². The fourth-order valence-electron chi connectivity index (χ4n) is 1.65. The van der Waals surface area contributed by atoms with Crippen molar-refractivity contribution in [2.75, 3.05) is 0 Å². The van der Waals surface area contributed by atoms with Crippen molar-refractivity contribution in [2.45, 2.75) is 20.3 Å². The fourth-order valence-corrected chi connectivity index (χ4v) is 1.65. The number of carbonyl (C=O) groups is 1. The first-order valence-electron chi connectivity index (χ1n) is 5.33. The lowest BCUT2D eigenvalue weighted by molar-refractivity contribution is -0.115. The average molecular weight is 251 g/mol. The van der Waals surface area contributed by atoms with Gasteiger partial charge in [-0.25, -0.2) is 18.4 Å². The van der Waals surface area contributed by atoms with Crippen molar-refractivity contribution in [3.63, 3.8) is 0 Å². The molecule has 0 spiro atoms. The van der Waals surface area contributed by atoms with Gasteiger partial charge in [-0.15, -0.1) is 0 Å². The standard InChI is InChI=1S/C12H11F2N3O/c1-7(3-8(2)18)16-17-6-15-11-4-9(13)10(14)5-12(11)17/h4-6H,3H2,1-2H3/b16-7-. The molecule has 1 aromatic carbocycles. The Kier molecular flexibility index (Phi) is 3.18. The average Bonchev–Trinajstić information content (AvgIpc) is 2.61. The summed E-state index contributed by atoms with van der Waals surface area (Å²) in [6.07, 6.45) is 1.57. The van der Waals surface area contributed by atoms with Crippen LogP contribution in [0.25, 0.3) is 11.0 Å². The number of aromatic nitrogens is 2. The molecular weight excluding hydrogens is 240 g/mol. The highest BCUT2D eigenvalue weighted by Crippen LogP contribution is 2.17. The molecule has 0 radical (unpaired) electrons. The molecule has 94 valence electrons. The Bertz CT molecular complexity index is 646. The lowest BCUT2D eigenvalue weighted by Crippen LogP contribution is -2.02. The van der Waals surface area contributed by atoms with Gasteiger partial charge in [0, 0.05) is 24.3 Å². The molecule has 18 heavy (non-hydrogen) atoms. The molecule has 0 amide bonds. The molecular formula is C12H11F2N3O. The van der Waals surface area contributed by atoms with E-state index in [-0.39, 0.29) is 12.2 Å². The van der Waals surface area contributed by atoms with E-state index in [1.54, 1.807) is 6.92 Å². The van der Waals surface area contributed by atoms with Crippen LogP contribution >= 0.6 is 0 Å². The summed E-state index contributed by atoms with van der Waals surface area (Å²) < 4.78 is 27.5. The Morgan fingerprint density at radius 1 is 1.33 bits per heavy atom. The highest BCUT2D eigenvalue weighted by atomic mass is 19.2. The van der Waals surface area contributed by atoms with E-state index in [0.717, 1.165) is 12.1 Å². The number of Topliss-reactive ketones (excluding diaryl/α,β-unsaturated/α-hetero) is 1. The van der Waals surface area contributed by atoms with Crippen molar-refractivity contribution in [3.05, 3.63) is 30.1 Å². The molecule has 0 aliphatic rings. The number of fused-ring (bicyclic) bond motifs is 1. The summed E-state index contributed by atoms with van der Waals surface area (Å²) in [5.74, 6) is -1.92. The SMILES string of the molecule is CC(=O)C/C(C)=N\n1cnc2cc(F)c(F)cc21. The number of rotatable bonds is 3. The minimum absolute atomic E-state index is 0.0158. The predicted octanol–water partition coefficient (Wildman–Crippen LogP) is 2.52. The van der Waals surface area contributed by atoms with Crippen LogP contribution in [-0.2, 0) is 4.79 Å². The lowest BCUT2D eigenvalue weighted by Gasteiger charge is -2.00. The van der Waals surface area contributed by atoms with Gasteiger partial charge in [0.15, 0.2) is 11.6 Å². The number of hydrogen-bond donors (Lipinski definition) is 0. The highest BCUT2D eigenvalue weighted by Gasteiger charge is 2.09. The summed E-state index contributed by atoms with van der Waals surface area (Å²) in [5, 5.41) is 4.12. The van der Waals surface area contributed by atoms with Crippen molar-refractivity contribution in [3.8, 4) is 0 Å². The first-order chi connectivity index (χ1) is 8.47. The van der Waals surface area contributed by atoms with Crippen LogP contribution in [0, 0.1) is 11.6 Å². The second-order valence-corrected chi connectivity index (χ2v) is 4.06. The van der Waals surface area contributed by atoms with Gasteiger partial charge in [-0.2, -0.15) is 5.10 Å². The van der Waals surface area contributed by atoms with E-state index in [9.17, 15) is 13.6 Å². The van der Waals surface area contributed by atoms with Gasteiger partial charge in [-0.3, -0.25) is 4.79 Å². The zero-order valence-corrected chi connectivity index (χ0v) is 9.94. The Morgan fingerprint density at radius 3 is 2.67 bits per heavy atom. The van der Waals surface area contributed by atoms with Crippen LogP contribution in [0.1, 0.15) is 20.3 Å². The second-order valence-electron chi connectivity index (χ2n) is 4.06. The minimum Gasteiger partial charge on any atom is -0.300 e. The van der Waals surface area contributed by atoms with Crippen LogP contribution in [0.15, 0.2) is 23.6 Å². The molecule has 0 bridgehead atoms. The smallest absolute Gasteiger partial charge is 0.161 e. The molecule has 0 saturated carbocycles. The largest absolute Gasteiger partial charge is 0.300 e. The van der Waals surface area contributed by atoms with E-state index < -0.39 is 11.6 Å². The molecule has 0 unspecified atom stereocenters. The first-order valence-corrected chi connectivity index (χ1v) is 5.33. The van der Waals surface area contributed by atoms with Gasteiger partial charge in [-0.1, -0.05) is 0 Å². The molecule has 4 nitrogen and oxygen atoms in total. The van der Waals surface area contributed by atoms with Crippen LogP contribution in [0.3, 0.4) is 0 Å². The van der Waals surface area contributed by atoms with Gasteiger partial charge in [-0.05, 0) is 13.8 Å². The maximum atomic E-state index is 13.1. The molecule has 0 atom stereocenters. The molecule has 2 rings (SSSR count). The Labute approximate surface area is 102 Å². The number of benzene rings is 1. The number of hydrogen-bond acceptors (Lipinski definition) is 3. The Morgan fingerprint density at radius 2 is 2.00 bits per heavy atom. The van der Waals surface area contributed by atoms with Gasteiger partial charge in [0.2, 0.25) is 0 Å². The van der Waals surface area contributed by atoms with Crippen molar-refractivity contribution in [1.29, 1.82) is 0 Å². The van der Waals surface area contributed by atoms with Crippen LogP contribution in [0.5, 0.6) is 0 Å². The number of nitrogens with zero attached hydrogens (tertiary/aromatic N) is 3. The van der Waals surface area contributed by atoms with E-state index in [1.165, 1.54) is 17.9 Å². The zero-order chi connectivity index (χ0) is 13.3. The monoisotopic (exact) mass is 251 g/mol. The molecule has 0 aliphatic carbocycles. The van der Waals surface area contributed by atoms with Gasteiger partial charge in [0.25, 0.3) is 0 Å². The van der Waals surface area contributed by atoms with E-state index in [2.05, 4.69) is 10.1 Å². The number of carbonyl (C=O) groups excluding carboxylic acids is 1. The summed E-state index contributed by atoms with van der Waals surface area (Å²) in [6, 6.07) is 2.04. The summed E-state index contributed by atoms with van der Waals surface area (Å²) >= 11 is 0. The fraction of sp³-hybridized carbons (Fsp3) is 0.250. The normalized spacial score (nSPS) is 12.1. The molecule has 1 heterocycles. The summed E-state index contributed by atoms with van der Waals surface area (Å²) in [7, 11) is 0. The van der Waals surface area contributed by atoms with Gasteiger partial charge >= 0.3 is 0 Å². The van der Waals surface area contributed by atoms with Crippen molar-refractivity contribution < 1.29 is 13.6 Å². The van der Waals surface area contributed by atoms with E-state index in [1.807, 2.05) is 0 Å². The molecule has 2 aromatic rings. The maximum Gasteiger partial charge on any atom is 0.161 e. The Balaban J connectivity index is 2.46. The van der Waals surface area contributed by atoms with Gasteiger partial charge in [0.1, 0.15) is 12.1 Å². The lowest BCUT2D eigenvalue weighted by atomic mass is 10.2. The summed E-state index contributed by atoms with van der Waals surface area (Å²) in [5.41, 5.74) is 1.25. The topological polar surface area (TPSA) is 47.2 Å². The van der Waals surface area contributed by atoms with Crippen molar-refractivity contribution in [1.82, 2.24) is 9.66 Å². The Hall–Kier alpha value is -2.11. The van der Waals surface area contributed by atoms with E-state index >= 15 is 0 Å². The number of ketones is 1. The summed E-state index contributed by atoms with van der Waals surface area (Å²) in [6.45, 7) is 3.15. The molecule has 0 N–H and O–H groups in total. The minimum atomic E-state index is -0.955. The third-order valence-electron chi connectivity index (χ3n) is 2.35. The molecule has 0 saturated heterocycles. The second kappa shape index (κ2) is 4.64. The number of imidazole rings is 1. The molecule has 1 aromatic heterocycles. The van der Waals surface area contributed by atoms with Crippen LogP contribution in [0.2, 0.25) is 0 Å². The molecule has 0 aliphatic heterocycles. The molecule has 0 fully saturated rings.